The summed E-state index contributed by atoms with van der Waals surface area (Å²) in [5.41, 5.74) is 0. The van der Waals surface area contributed by atoms with Crippen molar-refractivity contribution in [3.63, 3.8) is 0 Å². The quantitative estimate of drug-likeness (QED) is 0.577. The topological polar surface area (TPSA) is 6.48 Å². The first kappa shape index (κ1) is 11.1. The third-order valence-corrected chi connectivity index (χ3v) is 5.91. The van der Waals surface area contributed by atoms with E-state index in [-0.39, 0.29) is 0 Å². The van der Waals surface area contributed by atoms with Crippen LogP contribution in [-0.4, -0.2) is 44.9 Å². The molecule has 0 rings (SSSR count). The maximum atomic E-state index is 2.59. The highest BCUT2D eigenvalue weighted by Gasteiger charge is 2.15. The second-order valence-corrected chi connectivity index (χ2v) is 5.80. The molecular formula is C8H22N2Si. The van der Waals surface area contributed by atoms with Crippen LogP contribution in [0.3, 0.4) is 0 Å². The van der Waals surface area contributed by atoms with Crippen LogP contribution in [0.25, 0.3) is 0 Å². The number of nitrogens with zero attached hydrogens (tertiary/aromatic N) is 2. The summed E-state index contributed by atoms with van der Waals surface area (Å²) < 4.78 is 5.08. The minimum Gasteiger partial charge on any atom is -0.317 e. The van der Waals surface area contributed by atoms with Crippen molar-refractivity contribution in [2.24, 2.45) is 0 Å². The van der Waals surface area contributed by atoms with E-state index in [1.165, 1.54) is 19.6 Å². The zero-order chi connectivity index (χ0) is 8.85. The third-order valence-electron chi connectivity index (χ3n) is 2.48. The molecule has 3 heteroatoms. The van der Waals surface area contributed by atoms with Gasteiger partial charge in [-0.3, -0.25) is 0 Å². The van der Waals surface area contributed by atoms with Crippen molar-refractivity contribution >= 4 is 9.12 Å². The largest absolute Gasteiger partial charge is 0.317 e. The molecule has 0 aliphatic carbocycles. The Morgan fingerprint density at radius 3 is 1.73 bits per heavy atom. The second kappa shape index (κ2) is 5.74. The van der Waals surface area contributed by atoms with Gasteiger partial charge in [0.1, 0.15) is 0 Å². The molecule has 0 fully saturated rings. The summed E-state index contributed by atoms with van der Waals surface area (Å²) in [4.78, 5) is 0. The van der Waals surface area contributed by atoms with Gasteiger partial charge in [0.05, 0.1) is 0 Å². The predicted octanol–water partition coefficient (Wildman–Crippen LogP) is 1.13. The minimum absolute atomic E-state index is 0.745. The number of rotatable bonds is 5. The summed E-state index contributed by atoms with van der Waals surface area (Å²) in [5.74, 6) is 0. The highest BCUT2D eigenvalue weighted by molar-refractivity contribution is 6.51. The van der Waals surface area contributed by atoms with E-state index in [0.717, 1.165) is 0 Å². The molecule has 0 bridgehead atoms. The summed E-state index contributed by atoms with van der Waals surface area (Å²) in [5, 5.41) is 0. The maximum absolute atomic E-state index is 2.59. The molecule has 1 unspecified atom stereocenters. The molecule has 0 saturated heterocycles. The van der Waals surface area contributed by atoms with Crippen molar-refractivity contribution in [1.82, 2.24) is 9.13 Å². The van der Waals surface area contributed by atoms with Crippen LogP contribution in [0.5, 0.6) is 0 Å². The Bertz CT molecular complexity index is 94.1. The van der Waals surface area contributed by atoms with E-state index < -0.39 is 9.12 Å². The standard InChI is InChI=1S/C8H22N2Si/c1-6-9(4)11(5)10(7-2)8-3/h11H,6-8H2,1-5H3. The summed E-state index contributed by atoms with van der Waals surface area (Å²) in [6.45, 7) is 12.7. The van der Waals surface area contributed by atoms with Gasteiger partial charge in [-0.1, -0.05) is 20.8 Å². The Hall–Kier alpha value is 0.137. The fourth-order valence-corrected chi connectivity index (χ4v) is 3.44. The Morgan fingerprint density at radius 2 is 1.45 bits per heavy atom. The lowest BCUT2D eigenvalue weighted by molar-refractivity contribution is 0.409. The monoisotopic (exact) mass is 174 g/mol. The molecular weight excluding hydrogens is 152 g/mol. The average molecular weight is 174 g/mol. The van der Waals surface area contributed by atoms with E-state index in [9.17, 15) is 0 Å². The summed E-state index contributed by atoms with van der Waals surface area (Å²) >= 11 is 0. The second-order valence-electron chi connectivity index (χ2n) is 2.93. The Kier molecular flexibility index (Phi) is 5.82. The Balaban J connectivity index is 3.86. The minimum atomic E-state index is -0.745. The van der Waals surface area contributed by atoms with Crippen molar-refractivity contribution < 1.29 is 0 Å². The molecule has 0 N–H and O–H groups in total. The fourth-order valence-electron chi connectivity index (χ4n) is 1.30. The van der Waals surface area contributed by atoms with E-state index in [2.05, 4.69) is 43.5 Å². The van der Waals surface area contributed by atoms with Gasteiger partial charge >= 0.3 is 0 Å². The van der Waals surface area contributed by atoms with Gasteiger partial charge in [0.2, 0.25) is 0 Å². The predicted molar refractivity (Wildman–Crippen MR) is 54.2 cm³/mol. The molecule has 1 atom stereocenters. The van der Waals surface area contributed by atoms with E-state index in [1.54, 1.807) is 0 Å². The van der Waals surface area contributed by atoms with Crippen LogP contribution >= 0.6 is 0 Å². The van der Waals surface area contributed by atoms with Gasteiger partial charge in [-0.2, -0.15) is 0 Å². The average Bonchev–Trinajstić information content (AvgIpc) is 2.05. The highest BCUT2D eigenvalue weighted by atomic mass is 28.3. The van der Waals surface area contributed by atoms with Crippen molar-refractivity contribution in [2.45, 2.75) is 27.3 Å². The smallest absolute Gasteiger partial charge is 0.186 e. The molecule has 0 amide bonds. The van der Waals surface area contributed by atoms with Gasteiger partial charge in [-0.15, -0.1) is 0 Å². The first-order valence-electron chi connectivity index (χ1n) is 4.61. The highest BCUT2D eigenvalue weighted by Crippen LogP contribution is 1.97. The zero-order valence-electron chi connectivity index (χ0n) is 8.59. The third kappa shape index (κ3) is 3.36. The van der Waals surface area contributed by atoms with E-state index in [0.29, 0.717) is 0 Å². The van der Waals surface area contributed by atoms with Crippen LogP contribution in [0.15, 0.2) is 0 Å². The van der Waals surface area contributed by atoms with Gasteiger partial charge in [0.25, 0.3) is 0 Å². The lowest BCUT2D eigenvalue weighted by atomic mass is 10.7. The van der Waals surface area contributed by atoms with Crippen molar-refractivity contribution in [1.29, 1.82) is 0 Å². The Morgan fingerprint density at radius 1 is 1.00 bits per heavy atom. The van der Waals surface area contributed by atoms with Crippen LogP contribution in [0, 0.1) is 0 Å². The van der Waals surface area contributed by atoms with Gasteiger partial charge in [0.15, 0.2) is 9.12 Å². The van der Waals surface area contributed by atoms with Gasteiger partial charge < -0.3 is 9.13 Å². The number of hydrogen-bond acceptors (Lipinski definition) is 2. The fraction of sp³-hybridized carbons (Fsp3) is 1.00. The molecule has 2 nitrogen and oxygen atoms in total. The van der Waals surface area contributed by atoms with Crippen molar-refractivity contribution in [3.05, 3.63) is 0 Å². The maximum Gasteiger partial charge on any atom is 0.186 e. The molecule has 0 aliphatic rings. The van der Waals surface area contributed by atoms with Crippen LogP contribution in [0.2, 0.25) is 6.55 Å². The molecule has 0 aromatic heterocycles. The van der Waals surface area contributed by atoms with Gasteiger partial charge in [-0.05, 0) is 33.2 Å². The molecule has 0 aromatic carbocycles. The molecule has 0 aromatic rings. The lowest BCUT2D eigenvalue weighted by Crippen LogP contribution is -2.48. The summed E-state index contributed by atoms with van der Waals surface area (Å²) in [7, 11) is 1.49. The van der Waals surface area contributed by atoms with Crippen LogP contribution < -0.4 is 0 Å². The summed E-state index contributed by atoms with van der Waals surface area (Å²) in [6.07, 6.45) is 0. The zero-order valence-corrected chi connectivity index (χ0v) is 9.75. The molecule has 0 heterocycles. The van der Waals surface area contributed by atoms with Crippen LogP contribution in [0.1, 0.15) is 20.8 Å². The first-order valence-corrected chi connectivity index (χ1v) is 6.80. The van der Waals surface area contributed by atoms with E-state index in [1.807, 2.05) is 0 Å². The number of hydrogen-bond donors (Lipinski definition) is 0. The molecule has 11 heavy (non-hydrogen) atoms. The normalized spacial score (nSPS) is 14.5. The molecule has 0 aliphatic heterocycles. The Labute approximate surface area is 73.0 Å². The van der Waals surface area contributed by atoms with Crippen molar-refractivity contribution in [3.8, 4) is 0 Å². The van der Waals surface area contributed by atoms with E-state index >= 15 is 0 Å². The first-order chi connectivity index (χ1) is 5.17. The van der Waals surface area contributed by atoms with Crippen LogP contribution in [0.4, 0.5) is 0 Å². The van der Waals surface area contributed by atoms with Crippen LogP contribution in [-0.2, 0) is 0 Å². The van der Waals surface area contributed by atoms with Gasteiger partial charge in [-0.25, -0.2) is 0 Å². The molecule has 0 spiro atoms. The SMILES string of the molecule is CCN(C)[SiH](C)N(CC)CC. The van der Waals surface area contributed by atoms with Crippen molar-refractivity contribution in [2.75, 3.05) is 26.7 Å². The molecule has 68 valence electrons. The summed E-state index contributed by atoms with van der Waals surface area (Å²) in [6, 6.07) is 0. The molecule has 0 radical (unpaired) electrons. The van der Waals surface area contributed by atoms with Gasteiger partial charge in [0, 0.05) is 0 Å². The lowest BCUT2D eigenvalue weighted by Gasteiger charge is -2.31. The van der Waals surface area contributed by atoms with E-state index in [4.69, 9.17) is 0 Å². The molecule has 0 saturated carbocycles.